The van der Waals surface area contributed by atoms with Gasteiger partial charge in [0.15, 0.2) is 0 Å². The average Bonchev–Trinajstić information content (AvgIpc) is 2.30. The standard InChI is InChI=1S/C13H18N2O/c1-10(2)11-4-6-12(7-5-11)15-9-3-8-14-13(15)16/h4-7,10H,3,8-9H2,1-2H3,(H,14,16). The van der Waals surface area contributed by atoms with Gasteiger partial charge in [-0.1, -0.05) is 26.0 Å². The van der Waals surface area contributed by atoms with Crippen LogP contribution in [0.15, 0.2) is 24.3 Å². The van der Waals surface area contributed by atoms with Crippen LogP contribution in [0.3, 0.4) is 0 Å². The molecule has 16 heavy (non-hydrogen) atoms. The summed E-state index contributed by atoms with van der Waals surface area (Å²) >= 11 is 0. The molecule has 2 rings (SSSR count). The van der Waals surface area contributed by atoms with Gasteiger partial charge >= 0.3 is 6.03 Å². The van der Waals surface area contributed by atoms with Gasteiger partial charge < -0.3 is 5.32 Å². The zero-order chi connectivity index (χ0) is 11.5. The van der Waals surface area contributed by atoms with Crippen LogP contribution in [0.25, 0.3) is 0 Å². The highest BCUT2D eigenvalue weighted by Crippen LogP contribution is 2.21. The molecule has 1 aromatic rings. The predicted molar refractivity (Wildman–Crippen MR) is 65.9 cm³/mol. The van der Waals surface area contributed by atoms with Crippen molar-refractivity contribution in [2.45, 2.75) is 26.2 Å². The molecule has 0 spiro atoms. The number of rotatable bonds is 2. The van der Waals surface area contributed by atoms with Crippen molar-refractivity contribution in [3.8, 4) is 0 Å². The maximum Gasteiger partial charge on any atom is 0.321 e. The summed E-state index contributed by atoms with van der Waals surface area (Å²) in [5.41, 5.74) is 2.29. The Morgan fingerprint density at radius 1 is 1.25 bits per heavy atom. The molecule has 86 valence electrons. The number of nitrogens with one attached hydrogen (secondary N) is 1. The number of benzene rings is 1. The van der Waals surface area contributed by atoms with E-state index in [1.165, 1.54) is 5.56 Å². The smallest absolute Gasteiger partial charge is 0.321 e. The summed E-state index contributed by atoms with van der Waals surface area (Å²) in [4.78, 5) is 13.4. The minimum Gasteiger partial charge on any atom is -0.338 e. The van der Waals surface area contributed by atoms with Crippen molar-refractivity contribution in [2.24, 2.45) is 0 Å². The fraction of sp³-hybridized carbons (Fsp3) is 0.462. The molecule has 1 fully saturated rings. The van der Waals surface area contributed by atoms with Crippen molar-refractivity contribution in [3.05, 3.63) is 29.8 Å². The first-order valence-electron chi connectivity index (χ1n) is 5.84. The summed E-state index contributed by atoms with van der Waals surface area (Å²) in [6.07, 6.45) is 1.01. The number of carbonyl (C=O) groups excluding carboxylic acids is 1. The highest BCUT2D eigenvalue weighted by molar-refractivity contribution is 5.92. The second-order valence-corrected chi connectivity index (χ2v) is 4.48. The van der Waals surface area contributed by atoms with Crippen molar-refractivity contribution < 1.29 is 4.79 Å². The highest BCUT2D eigenvalue weighted by Gasteiger charge is 2.18. The Bertz CT molecular complexity index is 370. The number of anilines is 1. The molecule has 2 amide bonds. The normalized spacial score (nSPS) is 16.4. The fourth-order valence-corrected chi connectivity index (χ4v) is 1.91. The van der Waals surface area contributed by atoms with E-state index in [4.69, 9.17) is 0 Å². The van der Waals surface area contributed by atoms with E-state index in [2.05, 4.69) is 31.3 Å². The molecule has 0 aliphatic carbocycles. The van der Waals surface area contributed by atoms with Crippen molar-refractivity contribution in [1.29, 1.82) is 0 Å². The van der Waals surface area contributed by atoms with E-state index in [0.717, 1.165) is 25.2 Å². The summed E-state index contributed by atoms with van der Waals surface area (Å²) in [5.74, 6) is 0.532. The Kier molecular flexibility index (Phi) is 3.13. The van der Waals surface area contributed by atoms with Gasteiger partial charge in [-0.2, -0.15) is 0 Å². The van der Waals surface area contributed by atoms with Gasteiger partial charge in [0.25, 0.3) is 0 Å². The van der Waals surface area contributed by atoms with Crippen molar-refractivity contribution in [2.75, 3.05) is 18.0 Å². The summed E-state index contributed by atoms with van der Waals surface area (Å²) in [6.45, 7) is 5.94. The number of hydrogen-bond donors (Lipinski definition) is 1. The van der Waals surface area contributed by atoms with E-state index in [0.29, 0.717) is 5.92 Å². The molecule has 3 nitrogen and oxygen atoms in total. The first-order valence-corrected chi connectivity index (χ1v) is 5.84. The Morgan fingerprint density at radius 2 is 1.94 bits per heavy atom. The maximum absolute atomic E-state index is 11.6. The Hall–Kier alpha value is -1.51. The second kappa shape index (κ2) is 4.56. The van der Waals surface area contributed by atoms with Gasteiger partial charge in [-0.25, -0.2) is 4.79 Å². The number of amides is 2. The minimum atomic E-state index is 0.0172. The first-order chi connectivity index (χ1) is 7.68. The molecule has 1 N–H and O–H groups in total. The zero-order valence-corrected chi connectivity index (χ0v) is 9.86. The van der Waals surface area contributed by atoms with Crippen LogP contribution in [-0.2, 0) is 0 Å². The lowest BCUT2D eigenvalue weighted by Crippen LogP contribution is -2.46. The van der Waals surface area contributed by atoms with Gasteiger partial charge in [0.1, 0.15) is 0 Å². The highest BCUT2D eigenvalue weighted by atomic mass is 16.2. The Morgan fingerprint density at radius 3 is 2.50 bits per heavy atom. The average molecular weight is 218 g/mol. The van der Waals surface area contributed by atoms with Crippen LogP contribution in [0.1, 0.15) is 31.7 Å². The van der Waals surface area contributed by atoms with Crippen molar-refractivity contribution in [1.82, 2.24) is 5.32 Å². The number of carbonyl (C=O) groups is 1. The third kappa shape index (κ3) is 2.18. The molecule has 1 aliphatic heterocycles. The number of nitrogens with zero attached hydrogens (tertiary/aromatic N) is 1. The van der Waals surface area contributed by atoms with E-state index in [-0.39, 0.29) is 6.03 Å². The lowest BCUT2D eigenvalue weighted by atomic mass is 10.0. The van der Waals surface area contributed by atoms with E-state index < -0.39 is 0 Å². The molecule has 1 aliphatic rings. The number of hydrogen-bond acceptors (Lipinski definition) is 1. The van der Waals surface area contributed by atoms with Crippen LogP contribution in [0.2, 0.25) is 0 Å². The minimum absolute atomic E-state index is 0.0172. The summed E-state index contributed by atoms with van der Waals surface area (Å²) in [5, 5.41) is 2.85. The van der Waals surface area contributed by atoms with Gasteiger partial charge in [0, 0.05) is 18.8 Å². The third-order valence-electron chi connectivity index (χ3n) is 2.95. The molecular weight excluding hydrogens is 200 g/mol. The van der Waals surface area contributed by atoms with Gasteiger partial charge in [0.2, 0.25) is 0 Å². The monoisotopic (exact) mass is 218 g/mol. The van der Waals surface area contributed by atoms with Crippen LogP contribution < -0.4 is 10.2 Å². The van der Waals surface area contributed by atoms with Crippen LogP contribution in [-0.4, -0.2) is 19.1 Å². The molecule has 0 unspecified atom stereocenters. The van der Waals surface area contributed by atoms with E-state index in [1.54, 1.807) is 4.90 Å². The van der Waals surface area contributed by atoms with Crippen LogP contribution in [0.5, 0.6) is 0 Å². The topological polar surface area (TPSA) is 32.3 Å². The van der Waals surface area contributed by atoms with Gasteiger partial charge in [-0.3, -0.25) is 4.90 Å². The van der Waals surface area contributed by atoms with Gasteiger partial charge in [0.05, 0.1) is 0 Å². The zero-order valence-electron chi connectivity index (χ0n) is 9.86. The molecule has 0 bridgehead atoms. The Balaban J connectivity index is 2.17. The molecule has 1 aromatic carbocycles. The third-order valence-corrected chi connectivity index (χ3v) is 2.95. The summed E-state index contributed by atoms with van der Waals surface area (Å²) in [7, 11) is 0. The summed E-state index contributed by atoms with van der Waals surface area (Å²) in [6, 6.07) is 8.27. The van der Waals surface area contributed by atoms with Crippen molar-refractivity contribution in [3.63, 3.8) is 0 Å². The van der Waals surface area contributed by atoms with Gasteiger partial charge in [-0.15, -0.1) is 0 Å². The van der Waals surface area contributed by atoms with Crippen LogP contribution in [0.4, 0.5) is 10.5 Å². The maximum atomic E-state index is 11.6. The molecule has 0 saturated carbocycles. The largest absolute Gasteiger partial charge is 0.338 e. The Labute approximate surface area is 96.5 Å². The second-order valence-electron chi connectivity index (χ2n) is 4.48. The molecular formula is C13H18N2O. The van der Waals surface area contributed by atoms with Crippen LogP contribution >= 0.6 is 0 Å². The van der Waals surface area contributed by atoms with Crippen LogP contribution in [0, 0.1) is 0 Å². The lowest BCUT2D eigenvalue weighted by Gasteiger charge is -2.27. The van der Waals surface area contributed by atoms with E-state index in [1.807, 2.05) is 12.1 Å². The van der Waals surface area contributed by atoms with E-state index >= 15 is 0 Å². The lowest BCUT2D eigenvalue weighted by molar-refractivity contribution is 0.243. The number of urea groups is 1. The fourth-order valence-electron chi connectivity index (χ4n) is 1.91. The quantitative estimate of drug-likeness (QED) is 0.813. The molecule has 0 atom stereocenters. The first kappa shape index (κ1) is 11.0. The van der Waals surface area contributed by atoms with E-state index in [9.17, 15) is 4.79 Å². The molecule has 0 radical (unpaired) electrons. The van der Waals surface area contributed by atoms with Gasteiger partial charge in [-0.05, 0) is 30.0 Å². The SMILES string of the molecule is CC(C)c1ccc(N2CCCNC2=O)cc1. The molecule has 1 saturated heterocycles. The summed E-state index contributed by atoms with van der Waals surface area (Å²) < 4.78 is 0. The molecule has 3 heteroatoms. The molecule has 0 aromatic heterocycles. The predicted octanol–water partition coefficient (Wildman–Crippen LogP) is 2.73. The molecule has 1 heterocycles. The van der Waals surface area contributed by atoms with Crippen molar-refractivity contribution >= 4 is 11.7 Å².